The second kappa shape index (κ2) is 9.05. The molecule has 1 aliphatic heterocycles. The Morgan fingerprint density at radius 3 is 2.88 bits per heavy atom. The van der Waals surface area contributed by atoms with Gasteiger partial charge in [-0.3, -0.25) is 0 Å². The molecule has 4 heterocycles. The van der Waals surface area contributed by atoms with Crippen LogP contribution < -0.4 is 15.0 Å². The molecule has 1 aliphatic rings. The molecular weight excluding hydrogens is 442 g/mol. The maximum absolute atomic E-state index is 14.0. The lowest BCUT2D eigenvalue weighted by Gasteiger charge is -2.27. The molecule has 0 unspecified atom stereocenters. The Morgan fingerprint density at radius 1 is 1.18 bits per heavy atom. The van der Waals surface area contributed by atoms with Gasteiger partial charge in [-0.15, -0.1) is 0 Å². The van der Waals surface area contributed by atoms with Gasteiger partial charge in [-0.05, 0) is 48.7 Å². The Labute approximate surface area is 194 Å². The third-order valence-corrected chi connectivity index (χ3v) is 5.88. The number of benzene rings is 1. The lowest BCUT2D eigenvalue weighted by atomic mass is 10.1. The maximum atomic E-state index is 14.0. The summed E-state index contributed by atoms with van der Waals surface area (Å²) in [6, 6.07) is 10.5. The van der Waals surface area contributed by atoms with Crippen LogP contribution in [0.15, 0.2) is 55.0 Å². The number of carbonyl (C=O) groups is 1. The highest BCUT2D eigenvalue weighted by atomic mass is 19.1. The van der Waals surface area contributed by atoms with E-state index in [4.69, 9.17) is 9.72 Å². The second-order valence-corrected chi connectivity index (χ2v) is 8.02. The molecule has 0 saturated carbocycles. The highest BCUT2D eigenvalue weighted by Gasteiger charge is 2.31. The van der Waals surface area contributed by atoms with Crippen molar-refractivity contribution in [3.05, 3.63) is 77.8 Å². The van der Waals surface area contributed by atoms with Crippen LogP contribution in [0.5, 0.6) is 5.88 Å². The van der Waals surface area contributed by atoms with Crippen molar-refractivity contribution in [1.29, 1.82) is 0 Å². The van der Waals surface area contributed by atoms with E-state index in [2.05, 4.69) is 20.2 Å². The van der Waals surface area contributed by atoms with Crippen molar-refractivity contribution in [2.75, 3.05) is 18.6 Å². The SMILES string of the molecule is COc1ncc(F)cc1[C@H]1CCCN1c1ccc2ncn(C(=O)NCc3cccc(F)c3)c2n1. The third kappa shape index (κ3) is 4.14. The van der Waals surface area contributed by atoms with Crippen molar-refractivity contribution in [3.8, 4) is 5.88 Å². The van der Waals surface area contributed by atoms with Gasteiger partial charge in [0.15, 0.2) is 5.65 Å². The average molecular weight is 464 g/mol. The molecule has 10 heteroatoms. The van der Waals surface area contributed by atoms with E-state index in [-0.39, 0.29) is 18.4 Å². The molecule has 0 aliphatic carbocycles. The Hall–Kier alpha value is -4.08. The standard InChI is InChI=1S/C24H22F2N6O2/c1-34-23-18(11-17(26)13-27-23)20-6-3-9-31(20)21-8-7-19-22(30-21)32(14-29-19)24(33)28-12-15-4-2-5-16(25)10-15/h2,4-5,7-8,10-11,13-14,20H,3,6,9,12H2,1H3,(H,28,33)/t20-/m1/s1. The Morgan fingerprint density at radius 2 is 2.06 bits per heavy atom. The molecular formula is C24H22F2N6O2. The summed E-state index contributed by atoms with van der Waals surface area (Å²) in [6.45, 7) is 0.874. The molecule has 8 nitrogen and oxygen atoms in total. The number of methoxy groups -OCH3 is 1. The van der Waals surface area contributed by atoms with Crippen molar-refractivity contribution in [2.45, 2.75) is 25.4 Å². The Balaban J connectivity index is 1.42. The fourth-order valence-corrected chi connectivity index (χ4v) is 4.32. The molecule has 0 bridgehead atoms. The van der Waals surface area contributed by atoms with Crippen molar-refractivity contribution in [1.82, 2.24) is 24.8 Å². The van der Waals surface area contributed by atoms with Crippen molar-refractivity contribution >= 4 is 23.0 Å². The molecule has 34 heavy (non-hydrogen) atoms. The predicted molar refractivity (Wildman–Crippen MR) is 122 cm³/mol. The fraction of sp³-hybridized carbons (Fsp3) is 0.250. The van der Waals surface area contributed by atoms with E-state index in [0.29, 0.717) is 40.5 Å². The monoisotopic (exact) mass is 464 g/mol. The summed E-state index contributed by atoms with van der Waals surface area (Å²) in [6.07, 6.45) is 4.21. The molecule has 1 saturated heterocycles. The number of hydrogen-bond donors (Lipinski definition) is 1. The molecule has 4 aromatic rings. The van der Waals surface area contributed by atoms with Crippen LogP contribution in [-0.2, 0) is 6.54 Å². The van der Waals surface area contributed by atoms with Crippen molar-refractivity contribution < 1.29 is 18.3 Å². The highest BCUT2D eigenvalue weighted by Crippen LogP contribution is 2.39. The molecule has 1 amide bonds. The minimum Gasteiger partial charge on any atom is -0.481 e. The minimum atomic E-state index is -0.431. The molecule has 5 rings (SSSR count). The molecule has 1 fully saturated rings. The van der Waals surface area contributed by atoms with Gasteiger partial charge >= 0.3 is 6.03 Å². The van der Waals surface area contributed by atoms with Crippen LogP contribution in [0.1, 0.15) is 30.0 Å². The predicted octanol–water partition coefficient (Wildman–Crippen LogP) is 4.21. The lowest BCUT2D eigenvalue weighted by molar-refractivity contribution is 0.242. The largest absolute Gasteiger partial charge is 0.481 e. The van der Waals surface area contributed by atoms with E-state index in [1.165, 1.54) is 36.2 Å². The number of fused-ring (bicyclic) bond motifs is 1. The summed E-state index contributed by atoms with van der Waals surface area (Å²) >= 11 is 0. The molecule has 0 spiro atoms. The summed E-state index contributed by atoms with van der Waals surface area (Å²) in [5.74, 6) is 0.220. The molecule has 1 N–H and O–H groups in total. The van der Waals surface area contributed by atoms with E-state index >= 15 is 0 Å². The smallest absolute Gasteiger partial charge is 0.328 e. The number of pyridine rings is 2. The van der Waals surface area contributed by atoms with E-state index in [9.17, 15) is 13.6 Å². The quantitative estimate of drug-likeness (QED) is 0.476. The average Bonchev–Trinajstić information content (AvgIpc) is 3.49. The number of nitrogens with zero attached hydrogens (tertiary/aromatic N) is 5. The molecule has 0 radical (unpaired) electrons. The van der Waals surface area contributed by atoms with Crippen LogP contribution in [0, 0.1) is 11.6 Å². The van der Waals surface area contributed by atoms with Crippen LogP contribution in [-0.4, -0.2) is 39.2 Å². The van der Waals surface area contributed by atoms with Gasteiger partial charge in [0.25, 0.3) is 0 Å². The number of halogens is 2. The van der Waals surface area contributed by atoms with Crippen LogP contribution in [0.3, 0.4) is 0 Å². The van der Waals surface area contributed by atoms with E-state index in [0.717, 1.165) is 19.0 Å². The third-order valence-electron chi connectivity index (χ3n) is 5.88. The number of carbonyl (C=O) groups excluding carboxylic acids is 1. The van der Waals surface area contributed by atoms with Gasteiger partial charge < -0.3 is 15.0 Å². The number of amides is 1. The van der Waals surface area contributed by atoms with Gasteiger partial charge in [0.05, 0.1) is 19.3 Å². The summed E-state index contributed by atoms with van der Waals surface area (Å²) < 4.78 is 34.1. The van der Waals surface area contributed by atoms with Crippen LogP contribution in [0.4, 0.5) is 19.4 Å². The van der Waals surface area contributed by atoms with E-state index in [1.54, 1.807) is 18.2 Å². The van der Waals surface area contributed by atoms with Crippen LogP contribution >= 0.6 is 0 Å². The van der Waals surface area contributed by atoms with Gasteiger partial charge in [0.1, 0.15) is 29.3 Å². The number of rotatable bonds is 5. The Kier molecular flexibility index (Phi) is 5.79. The van der Waals surface area contributed by atoms with Gasteiger partial charge in [-0.25, -0.2) is 33.1 Å². The summed E-state index contributed by atoms with van der Waals surface area (Å²) in [5.41, 5.74) is 2.25. The van der Waals surface area contributed by atoms with Crippen molar-refractivity contribution in [3.63, 3.8) is 0 Å². The van der Waals surface area contributed by atoms with Crippen LogP contribution in [0.25, 0.3) is 11.2 Å². The zero-order chi connectivity index (χ0) is 23.7. The molecule has 174 valence electrons. The van der Waals surface area contributed by atoms with E-state index in [1.807, 2.05) is 6.07 Å². The molecule has 1 aromatic carbocycles. The Bertz CT molecular complexity index is 1360. The first-order valence-electron chi connectivity index (χ1n) is 10.9. The molecule has 3 aromatic heterocycles. The number of aromatic nitrogens is 4. The fourth-order valence-electron chi connectivity index (χ4n) is 4.32. The maximum Gasteiger partial charge on any atom is 0.328 e. The summed E-state index contributed by atoms with van der Waals surface area (Å²) in [4.78, 5) is 27.9. The number of anilines is 1. The van der Waals surface area contributed by atoms with Crippen molar-refractivity contribution in [2.24, 2.45) is 0 Å². The first-order valence-corrected chi connectivity index (χ1v) is 10.9. The zero-order valence-electron chi connectivity index (χ0n) is 18.4. The normalized spacial score (nSPS) is 15.6. The van der Waals surface area contributed by atoms with Gasteiger partial charge in [0, 0.05) is 18.7 Å². The van der Waals surface area contributed by atoms with Gasteiger partial charge in [0.2, 0.25) is 5.88 Å². The second-order valence-electron chi connectivity index (χ2n) is 8.02. The van der Waals surface area contributed by atoms with Gasteiger partial charge in [-0.1, -0.05) is 12.1 Å². The number of imidazole rings is 1. The first kappa shape index (κ1) is 21.7. The highest BCUT2D eigenvalue weighted by molar-refractivity contribution is 5.87. The summed E-state index contributed by atoms with van der Waals surface area (Å²) in [7, 11) is 1.51. The summed E-state index contributed by atoms with van der Waals surface area (Å²) in [5, 5.41) is 2.76. The molecule has 1 atom stereocenters. The number of ether oxygens (including phenoxy) is 1. The van der Waals surface area contributed by atoms with E-state index < -0.39 is 11.8 Å². The lowest BCUT2D eigenvalue weighted by Crippen LogP contribution is -2.28. The number of nitrogens with one attached hydrogen (secondary N) is 1. The topological polar surface area (TPSA) is 85.2 Å². The van der Waals surface area contributed by atoms with Gasteiger partial charge in [-0.2, -0.15) is 0 Å². The number of hydrogen-bond acceptors (Lipinski definition) is 6. The first-order chi connectivity index (χ1) is 16.5. The van der Waals surface area contributed by atoms with Crippen LogP contribution in [0.2, 0.25) is 0 Å². The zero-order valence-corrected chi connectivity index (χ0v) is 18.4. The minimum absolute atomic E-state index is 0.163.